The monoisotopic (exact) mass is 261 g/mol. The fourth-order valence-electron chi connectivity index (χ4n) is 3.12. The van der Waals surface area contributed by atoms with Gasteiger partial charge in [-0.05, 0) is 5.41 Å². The zero-order valence-electron chi connectivity index (χ0n) is 11.8. The molecule has 0 spiro atoms. The molecule has 3 heterocycles. The molecule has 0 saturated heterocycles. The van der Waals surface area contributed by atoms with Crippen molar-refractivity contribution in [2.24, 2.45) is 5.41 Å². The van der Waals surface area contributed by atoms with E-state index < -0.39 is 12.1 Å². The predicted octanol–water partition coefficient (Wildman–Crippen LogP) is 1.06. The van der Waals surface area contributed by atoms with Crippen molar-refractivity contribution >= 4 is 12.4 Å². The molecule has 0 aliphatic carbocycles. The lowest BCUT2D eigenvalue weighted by atomic mass is 9.55. The molecule has 4 nitrogen and oxygen atoms in total. The summed E-state index contributed by atoms with van der Waals surface area (Å²) in [5, 5.41) is 0. The fraction of sp³-hybridized carbons (Fsp3) is 0.571. The first-order chi connectivity index (χ1) is 8.95. The van der Waals surface area contributed by atoms with Crippen LogP contribution in [0.25, 0.3) is 0 Å². The van der Waals surface area contributed by atoms with Crippen molar-refractivity contribution in [1.82, 2.24) is 0 Å². The third-order valence-corrected chi connectivity index (χ3v) is 4.01. The minimum absolute atomic E-state index is 0.0469. The van der Waals surface area contributed by atoms with Crippen molar-refractivity contribution in [1.29, 1.82) is 0 Å². The van der Waals surface area contributed by atoms with Gasteiger partial charge in [-0.3, -0.25) is 0 Å². The molecule has 1 aromatic rings. The summed E-state index contributed by atoms with van der Waals surface area (Å²) in [7, 11) is 0. The largest absolute Gasteiger partial charge is 0.611 e. The van der Waals surface area contributed by atoms with Gasteiger partial charge < -0.3 is 18.6 Å². The molecular weight excluding hydrogens is 241 g/mol. The smallest absolute Gasteiger partial charge is 0.499 e. The zero-order chi connectivity index (χ0) is 13.7. The third-order valence-electron chi connectivity index (χ3n) is 4.01. The van der Waals surface area contributed by atoms with Crippen LogP contribution in [0.5, 0.6) is 0 Å². The molecule has 0 N–H and O–H groups in total. The Labute approximate surface area is 113 Å². The first kappa shape index (κ1) is 12.8. The molecule has 3 rings (SSSR count). The topological polar surface area (TPSA) is 39.4 Å². The van der Waals surface area contributed by atoms with Gasteiger partial charge in [0.05, 0.1) is 0 Å². The Kier molecular flexibility index (Phi) is 2.80. The first-order valence-electron chi connectivity index (χ1n) is 6.95. The van der Waals surface area contributed by atoms with E-state index in [4.69, 9.17) is 9.31 Å². The molecule has 0 bridgehead atoms. The van der Waals surface area contributed by atoms with E-state index >= 15 is 0 Å². The van der Waals surface area contributed by atoms with Gasteiger partial charge in [0.25, 0.3) is 0 Å². The van der Waals surface area contributed by atoms with Crippen molar-refractivity contribution in [3.05, 3.63) is 29.6 Å². The maximum Gasteiger partial charge on any atom is 0.611 e. The Hall–Kier alpha value is -1.20. The molecule has 2 aliphatic heterocycles. The van der Waals surface area contributed by atoms with E-state index in [0.29, 0.717) is 13.2 Å². The normalized spacial score (nSPS) is 20.8. The van der Waals surface area contributed by atoms with Crippen LogP contribution in [-0.2, 0) is 26.9 Å². The van der Waals surface area contributed by atoms with E-state index in [2.05, 4.69) is 18.2 Å². The number of hydrogen-bond acceptors (Lipinski definition) is 3. The molecule has 0 fully saturated rings. The Morgan fingerprint density at radius 1 is 1.16 bits per heavy atom. The molecule has 2 aliphatic rings. The molecule has 0 amide bonds. The number of nitrogens with zero attached hydrogens (tertiary/aromatic N) is 1. The molecule has 0 aromatic carbocycles. The zero-order valence-corrected chi connectivity index (χ0v) is 11.8. The van der Waals surface area contributed by atoms with Crippen LogP contribution in [0, 0.1) is 5.41 Å². The lowest BCUT2D eigenvalue weighted by Crippen LogP contribution is -2.81. The highest BCUT2D eigenvalue weighted by Crippen LogP contribution is 2.27. The summed E-state index contributed by atoms with van der Waals surface area (Å²) >= 11 is 0. The minimum Gasteiger partial charge on any atom is -0.499 e. The van der Waals surface area contributed by atoms with Crippen molar-refractivity contribution < 1.29 is 18.6 Å². The SMILES string of the molecule is CC(C)(C)C(=O)[B-]12OCCc3cccc([n+]31)CCO2. The average Bonchev–Trinajstić information content (AvgIpc) is 2.38. The van der Waals surface area contributed by atoms with Gasteiger partial charge in [-0.1, -0.05) is 26.8 Å². The Bertz CT molecular complexity index is 508. The van der Waals surface area contributed by atoms with Crippen LogP contribution >= 0.6 is 0 Å². The molecule has 102 valence electrons. The molecule has 0 saturated carbocycles. The van der Waals surface area contributed by atoms with Crippen LogP contribution in [0.2, 0.25) is 0 Å². The second-order valence-electron chi connectivity index (χ2n) is 6.41. The quantitative estimate of drug-likeness (QED) is 0.710. The number of hydrogen-bond donors (Lipinski definition) is 0. The lowest BCUT2D eigenvalue weighted by Gasteiger charge is -2.44. The van der Waals surface area contributed by atoms with Crippen molar-refractivity contribution in [3.8, 4) is 0 Å². The highest BCUT2D eigenvalue weighted by atomic mass is 16.6. The minimum atomic E-state index is -2.04. The van der Waals surface area contributed by atoms with E-state index in [-0.39, 0.29) is 5.68 Å². The Morgan fingerprint density at radius 2 is 1.68 bits per heavy atom. The number of rotatable bonds is 1. The van der Waals surface area contributed by atoms with Crippen molar-refractivity contribution in [3.63, 3.8) is 0 Å². The van der Waals surface area contributed by atoms with E-state index in [1.807, 2.05) is 25.2 Å². The van der Waals surface area contributed by atoms with Gasteiger partial charge in [0.2, 0.25) is 0 Å². The Morgan fingerprint density at radius 3 is 2.16 bits per heavy atom. The highest BCUT2D eigenvalue weighted by molar-refractivity contribution is 6.91. The second-order valence-corrected chi connectivity index (χ2v) is 6.41. The van der Waals surface area contributed by atoms with E-state index in [1.54, 1.807) is 0 Å². The van der Waals surface area contributed by atoms with Crippen LogP contribution in [-0.4, -0.2) is 25.6 Å². The average molecular weight is 261 g/mol. The van der Waals surface area contributed by atoms with Gasteiger partial charge in [-0.2, -0.15) is 0 Å². The van der Waals surface area contributed by atoms with E-state index in [9.17, 15) is 4.79 Å². The maximum absolute atomic E-state index is 12.9. The standard InChI is InChI=1S/C14H20BNO3/c1-14(2,3)13(17)15-16-11(7-9-18-15)5-4-6-12(16)8-10-19-15/h4-6H,7-10H2,1-3H3. The number of aromatic nitrogens is 1. The molecule has 0 atom stereocenters. The summed E-state index contributed by atoms with van der Waals surface area (Å²) in [6.45, 7) is 4.82. The van der Waals surface area contributed by atoms with Gasteiger partial charge in [-0.15, -0.1) is 0 Å². The second kappa shape index (κ2) is 4.15. The summed E-state index contributed by atoms with van der Waals surface area (Å²) in [5.74, 6) is 0. The molecule has 19 heavy (non-hydrogen) atoms. The van der Waals surface area contributed by atoms with Crippen molar-refractivity contribution in [2.45, 2.75) is 33.6 Å². The number of carbonyl (C=O) groups is 1. The van der Waals surface area contributed by atoms with Gasteiger partial charge in [0, 0.05) is 38.2 Å². The lowest BCUT2D eigenvalue weighted by molar-refractivity contribution is -0.604. The molecule has 1 aromatic heterocycles. The molecule has 0 radical (unpaired) electrons. The highest BCUT2D eigenvalue weighted by Gasteiger charge is 2.58. The summed E-state index contributed by atoms with van der Waals surface area (Å²) in [4.78, 5) is 12.9. The maximum atomic E-state index is 12.9. The number of pyridine rings is 1. The molecule has 5 heteroatoms. The van der Waals surface area contributed by atoms with Crippen molar-refractivity contribution in [2.75, 3.05) is 13.2 Å². The fourth-order valence-corrected chi connectivity index (χ4v) is 3.12. The molecular formula is C14H20BNO3. The van der Waals surface area contributed by atoms with Crippen LogP contribution < -0.4 is 4.48 Å². The van der Waals surface area contributed by atoms with Crippen LogP contribution in [0.3, 0.4) is 0 Å². The predicted molar refractivity (Wildman–Crippen MR) is 71.6 cm³/mol. The van der Waals surface area contributed by atoms with Gasteiger partial charge in [0.15, 0.2) is 0 Å². The summed E-state index contributed by atoms with van der Waals surface area (Å²) < 4.78 is 13.9. The van der Waals surface area contributed by atoms with Gasteiger partial charge in [0.1, 0.15) is 17.1 Å². The number of carbonyl (C=O) groups excluding carboxylic acids is 1. The van der Waals surface area contributed by atoms with Gasteiger partial charge >= 0.3 is 6.69 Å². The van der Waals surface area contributed by atoms with E-state index in [1.165, 1.54) is 0 Å². The summed E-state index contributed by atoms with van der Waals surface area (Å²) in [6, 6.07) is 6.18. The Balaban J connectivity index is 2.20. The first-order valence-corrected chi connectivity index (χ1v) is 6.95. The van der Waals surface area contributed by atoms with Crippen LogP contribution in [0.1, 0.15) is 32.2 Å². The van der Waals surface area contributed by atoms with E-state index in [0.717, 1.165) is 24.2 Å². The molecule has 0 unspecified atom stereocenters. The van der Waals surface area contributed by atoms with Gasteiger partial charge in [-0.25, -0.2) is 0 Å². The van der Waals surface area contributed by atoms with Crippen LogP contribution in [0.15, 0.2) is 18.2 Å². The summed E-state index contributed by atoms with van der Waals surface area (Å²) in [5.41, 5.74) is 1.85. The summed E-state index contributed by atoms with van der Waals surface area (Å²) in [6.07, 6.45) is 1.66. The van der Waals surface area contributed by atoms with Crippen LogP contribution in [0.4, 0.5) is 0 Å². The third kappa shape index (κ3) is 1.83.